The number of halogens is 1. The average molecular weight is 496 g/mol. The fourth-order valence-corrected chi connectivity index (χ4v) is 4.13. The molecular weight excluding hydrogens is 465 g/mol. The van der Waals surface area contributed by atoms with Gasteiger partial charge in [0.2, 0.25) is 21.8 Å². The molecule has 0 fully saturated rings. The first-order valence-corrected chi connectivity index (χ1v) is 12.4. The van der Waals surface area contributed by atoms with Crippen LogP contribution in [0.5, 0.6) is 11.5 Å². The zero-order valence-corrected chi connectivity index (χ0v) is 20.7. The van der Waals surface area contributed by atoms with Gasteiger partial charge in [-0.2, -0.15) is 0 Å². The lowest BCUT2D eigenvalue weighted by Crippen LogP contribution is -2.51. The smallest absolute Gasteiger partial charge is 0.244 e. The monoisotopic (exact) mass is 495 g/mol. The summed E-state index contributed by atoms with van der Waals surface area (Å²) in [6.07, 6.45) is 0.981. The van der Waals surface area contributed by atoms with Crippen molar-refractivity contribution in [2.75, 3.05) is 37.9 Å². The van der Waals surface area contributed by atoms with E-state index in [1.165, 1.54) is 61.6 Å². The van der Waals surface area contributed by atoms with Crippen LogP contribution in [0.2, 0.25) is 0 Å². The molecule has 0 radical (unpaired) electrons. The minimum atomic E-state index is -3.89. The Hall–Kier alpha value is -3.34. The third kappa shape index (κ3) is 6.83. The lowest BCUT2D eigenvalue weighted by molar-refractivity contribution is -0.139. The first-order valence-electron chi connectivity index (χ1n) is 10.5. The highest BCUT2D eigenvalue weighted by molar-refractivity contribution is 7.92. The molecular formula is C23H30FN3O6S. The van der Waals surface area contributed by atoms with Gasteiger partial charge in [-0.15, -0.1) is 0 Å². The number of amides is 2. The van der Waals surface area contributed by atoms with Crippen LogP contribution in [-0.4, -0.2) is 64.7 Å². The number of benzene rings is 2. The molecule has 1 N–H and O–H groups in total. The van der Waals surface area contributed by atoms with Gasteiger partial charge in [-0.25, -0.2) is 12.8 Å². The predicted octanol–water partition coefficient (Wildman–Crippen LogP) is 2.16. The second-order valence-electron chi connectivity index (χ2n) is 7.53. The van der Waals surface area contributed by atoms with Crippen molar-refractivity contribution in [1.29, 1.82) is 0 Å². The van der Waals surface area contributed by atoms with E-state index in [0.717, 1.165) is 10.6 Å². The van der Waals surface area contributed by atoms with Gasteiger partial charge in [-0.1, -0.05) is 12.1 Å². The number of ether oxygens (including phenoxy) is 2. The molecule has 0 aliphatic rings. The molecule has 0 bridgehead atoms. The van der Waals surface area contributed by atoms with E-state index in [1.807, 2.05) is 0 Å². The Bertz CT molecular complexity index is 1110. The molecule has 0 aromatic heterocycles. The number of carbonyl (C=O) groups is 2. The highest BCUT2D eigenvalue weighted by atomic mass is 32.2. The lowest BCUT2D eigenvalue weighted by Gasteiger charge is -2.31. The molecule has 1 atom stereocenters. The van der Waals surface area contributed by atoms with Crippen LogP contribution in [0.4, 0.5) is 10.1 Å². The Morgan fingerprint density at radius 3 is 2.21 bits per heavy atom. The van der Waals surface area contributed by atoms with Crippen LogP contribution in [0.1, 0.15) is 19.4 Å². The summed E-state index contributed by atoms with van der Waals surface area (Å²) in [5.74, 6) is -0.748. The molecule has 2 aromatic rings. The van der Waals surface area contributed by atoms with Crippen molar-refractivity contribution < 1.29 is 31.9 Å². The van der Waals surface area contributed by atoms with E-state index in [9.17, 15) is 22.4 Å². The minimum Gasteiger partial charge on any atom is -0.493 e. The average Bonchev–Trinajstić information content (AvgIpc) is 2.80. The van der Waals surface area contributed by atoms with E-state index >= 15 is 0 Å². The Balaban J connectivity index is 2.42. The van der Waals surface area contributed by atoms with Gasteiger partial charge < -0.3 is 19.7 Å². The van der Waals surface area contributed by atoms with Crippen molar-refractivity contribution in [3.63, 3.8) is 0 Å². The van der Waals surface area contributed by atoms with Crippen molar-refractivity contribution >= 4 is 27.5 Å². The molecule has 0 aliphatic carbocycles. The maximum absolute atomic E-state index is 13.4. The number of nitrogens with zero attached hydrogens (tertiary/aromatic N) is 2. The van der Waals surface area contributed by atoms with Gasteiger partial charge in [0.05, 0.1) is 26.2 Å². The summed E-state index contributed by atoms with van der Waals surface area (Å²) in [4.78, 5) is 27.2. The number of rotatable bonds is 11. The second kappa shape index (κ2) is 11.7. The summed E-state index contributed by atoms with van der Waals surface area (Å²) in [7, 11) is -1.02. The van der Waals surface area contributed by atoms with Crippen molar-refractivity contribution in [2.24, 2.45) is 0 Å². The van der Waals surface area contributed by atoms with Gasteiger partial charge in [0.15, 0.2) is 11.5 Å². The third-order valence-corrected chi connectivity index (χ3v) is 6.26. The number of likely N-dealkylation sites (N-methyl/N-ethyl adjacent to an activating group) is 1. The summed E-state index contributed by atoms with van der Waals surface area (Å²) in [6.45, 7) is 3.09. The van der Waals surface area contributed by atoms with Crippen LogP contribution in [0.15, 0.2) is 42.5 Å². The van der Waals surface area contributed by atoms with E-state index in [1.54, 1.807) is 13.8 Å². The van der Waals surface area contributed by atoms with Crippen LogP contribution in [0.25, 0.3) is 0 Å². The molecule has 9 nitrogen and oxygen atoms in total. The van der Waals surface area contributed by atoms with Crippen LogP contribution in [-0.2, 0) is 26.2 Å². The van der Waals surface area contributed by atoms with Gasteiger partial charge >= 0.3 is 0 Å². The van der Waals surface area contributed by atoms with Crippen molar-refractivity contribution in [2.45, 2.75) is 26.4 Å². The minimum absolute atomic E-state index is 0.0129. The molecule has 0 aliphatic heterocycles. The Morgan fingerprint density at radius 1 is 1.06 bits per heavy atom. The summed E-state index contributed by atoms with van der Waals surface area (Å²) < 4.78 is 49.9. The zero-order valence-electron chi connectivity index (χ0n) is 19.9. The van der Waals surface area contributed by atoms with E-state index < -0.39 is 40.2 Å². The largest absolute Gasteiger partial charge is 0.493 e. The van der Waals surface area contributed by atoms with Gasteiger partial charge in [-0.05, 0) is 43.7 Å². The third-order valence-electron chi connectivity index (χ3n) is 5.12. The van der Waals surface area contributed by atoms with E-state index in [4.69, 9.17) is 9.47 Å². The van der Waals surface area contributed by atoms with Crippen molar-refractivity contribution in [1.82, 2.24) is 10.2 Å². The molecule has 34 heavy (non-hydrogen) atoms. The lowest BCUT2D eigenvalue weighted by atomic mass is 10.1. The summed E-state index contributed by atoms with van der Waals surface area (Å²) >= 11 is 0. The predicted molar refractivity (Wildman–Crippen MR) is 127 cm³/mol. The topological polar surface area (TPSA) is 105 Å². The number of nitrogens with one attached hydrogen (secondary N) is 1. The molecule has 0 saturated carbocycles. The molecule has 11 heteroatoms. The van der Waals surface area contributed by atoms with Crippen LogP contribution in [0.3, 0.4) is 0 Å². The molecule has 2 amide bonds. The van der Waals surface area contributed by atoms with E-state index in [0.29, 0.717) is 23.6 Å². The first kappa shape index (κ1) is 26.9. The SMILES string of the molecule is CCNC(=O)[C@@H](C)N(Cc1ccc(F)cc1)C(=O)CN(c1ccc(OC)c(OC)c1)S(C)(=O)=O. The maximum atomic E-state index is 13.4. The quantitative estimate of drug-likeness (QED) is 0.512. The fraction of sp³-hybridized carbons (Fsp3) is 0.391. The number of hydrogen-bond donors (Lipinski definition) is 1. The van der Waals surface area contributed by atoms with Gasteiger partial charge in [0.25, 0.3) is 0 Å². The molecule has 186 valence electrons. The Labute approximate surface area is 199 Å². The highest BCUT2D eigenvalue weighted by Crippen LogP contribution is 2.32. The van der Waals surface area contributed by atoms with Crippen LogP contribution in [0, 0.1) is 5.82 Å². The van der Waals surface area contributed by atoms with Gasteiger partial charge in [-0.3, -0.25) is 13.9 Å². The second-order valence-corrected chi connectivity index (χ2v) is 9.43. The summed E-state index contributed by atoms with van der Waals surface area (Å²) in [5.41, 5.74) is 0.781. The number of methoxy groups -OCH3 is 2. The molecule has 2 aromatic carbocycles. The number of sulfonamides is 1. The number of carbonyl (C=O) groups excluding carboxylic acids is 2. The standard InChI is InChI=1S/C23H30FN3O6S/c1-6-25-23(29)16(2)26(14-17-7-9-18(24)10-8-17)22(28)15-27(34(5,30)31)19-11-12-20(32-3)21(13-19)33-4/h7-13,16H,6,14-15H2,1-5H3,(H,25,29)/t16-/m1/s1. The summed E-state index contributed by atoms with van der Waals surface area (Å²) in [6, 6.07) is 9.08. The summed E-state index contributed by atoms with van der Waals surface area (Å²) in [5, 5.41) is 2.66. The number of hydrogen-bond acceptors (Lipinski definition) is 6. The van der Waals surface area contributed by atoms with Crippen LogP contribution < -0.4 is 19.1 Å². The molecule has 0 unspecified atom stereocenters. The zero-order chi connectivity index (χ0) is 25.5. The number of anilines is 1. The Morgan fingerprint density at radius 2 is 1.68 bits per heavy atom. The van der Waals surface area contributed by atoms with Crippen molar-refractivity contribution in [3.05, 3.63) is 53.8 Å². The maximum Gasteiger partial charge on any atom is 0.244 e. The van der Waals surface area contributed by atoms with Crippen molar-refractivity contribution in [3.8, 4) is 11.5 Å². The normalized spacial score (nSPS) is 11.9. The van der Waals surface area contributed by atoms with Gasteiger partial charge in [0.1, 0.15) is 18.4 Å². The fourth-order valence-electron chi connectivity index (χ4n) is 3.28. The highest BCUT2D eigenvalue weighted by Gasteiger charge is 2.30. The first-order chi connectivity index (χ1) is 16.0. The Kier molecular flexibility index (Phi) is 9.25. The molecule has 0 saturated heterocycles. The van der Waals surface area contributed by atoms with Crippen LogP contribution >= 0.6 is 0 Å². The van der Waals surface area contributed by atoms with E-state index in [2.05, 4.69) is 5.32 Å². The van der Waals surface area contributed by atoms with E-state index in [-0.39, 0.29) is 12.2 Å². The van der Waals surface area contributed by atoms with Gasteiger partial charge in [0, 0.05) is 19.2 Å². The molecule has 2 rings (SSSR count). The molecule has 0 spiro atoms. The molecule has 0 heterocycles.